The van der Waals surface area contributed by atoms with Gasteiger partial charge in [-0.15, -0.1) is 0 Å². The lowest BCUT2D eigenvalue weighted by Gasteiger charge is -2.30. The molecule has 1 unspecified atom stereocenters. The summed E-state index contributed by atoms with van der Waals surface area (Å²) in [6.07, 6.45) is 2.78. The van der Waals surface area contributed by atoms with Crippen LogP contribution in [0.5, 0.6) is 0 Å². The number of allylic oxidation sites excluding steroid dienone is 1. The highest BCUT2D eigenvalue weighted by atomic mass is 16.4. The standard InChI is InChI=1S/C11H17NO3/c1-8(2)7-9(13)12-6-4-5-11(12,3)10(14)15/h7H,4-6H2,1-3H3,(H,14,15). The Morgan fingerprint density at radius 3 is 2.47 bits per heavy atom. The van der Waals surface area contributed by atoms with Crippen molar-refractivity contribution < 1.29 is 14.7 Å². The minimum absolute atomic E-state index is 0.197. The number of hydrogen-bond donors (Lipinski definition) is 1. The molecule has 1 atom stereocenters. The van der Waals surface area contributed by atoms with E-state index in [1.165, 1.54) is 11.0 Å². The van der Waals surface area contributed by atoms with Crippen molar-refractivity contribution in [3.63, 3.8) is 0 Å². The summed E-state index contributed by atoms with van der Waals surface area (Å²) in [4.78, 5) is 24.3. The Balaban J connectivity index is 2.91. The number of likely N-dealkylation sites (tertiary alicyclic amines) is 1. The minimum Gasteiger partial charge on any atom is -0.480 e. The highest BCUT2D eigenvalue weighted by molar-refractivity contribution is 5.93. The van der Waals surface area contributed by atoms with Crippen molar-refractivity contribution in [2.24, 2.45) is 0 Å². The molecule has 0 aromatic carbocycles. The van der Waals surface area contributed by atoms with Gasteiger partial charge >= 0.3 is 5.97 Å². The van der Waals surface area contributed by atoms with Gasteiger partial charge in [-0.25, -0.2) is 4.79 Å². The molecule has 1 amide bonds. The van der Waals surface area contributed by atoms with Crippen LogP contribution in [0, 0.1) is 0 Å². The molecule has 15 heavy (non-hydrogen) atoms. The van der Waals surface area contributed by atoms with Crippen molar-refractivity contribution in [1.29, 1.82) is 0 Å². The SMILES string of the molecule is CC(C)=CC(=O)N1CCCC1(C)C(=O)O. The Hall–Kier alpha value is -1.32. The van der Waals surface area contributed by atoms with Gasteiger partial charge in [0.05, 0.1) is 0 Å². The first kappa shape index (κ1) is 11.8. The molecule has 0 saturated carbocycles. The molecule has 1 saturated heterocycles. The highest BCUT2D eigenvalue weighted by Crippen LogP contribution is 2.29. The quantitative estimate of drug-likeness (QED) is 0.703. The average molecular weight is 211 g/mol. The zero-order valence-electron chi connectivity index (χ0n) is 9.41. The summed E-state index contributed by atoms with van der Waals surface area (Å²) >= 11 is 0. The first-order valence-electron chi connectivity index (χ1n) is 5.08. The molecule has 4 nitrogen and oxygen atoms in total. The highest BCUT2D eigenvalue weighted by Gasteiger charge is 2.45. The number of carbonyl (C=O) groups excluding carboxylic acids is 1. The molecule has 0 spiro atoms. The first-order chi connectivity index (χ1) is 6.88. The second-order valence-electron chi connectivity index (χ2n) is 4.39. The van der Waals surface area contributed by atoms with Crippen molar-refractivity contribution in [3.8, 4) is 0 Å². The van der Waals surface area contributed by atoms with Gasteiger partial charge in [0.25, 0.3) is 0 Å². The third-order valence-corrected chi connectivity index (χ3v) is 2.78. The summed E-state index contributed by atoms with van der Waals surface area (Å²) in [6, 6.07) is 0. The van der Waals surface area contributed by atoms with E-state index in [0.29, 0.717) is 13.0 Å². The maximum absolute atomic E-state index is 11.8. The molecule has 0 aromatic heterocycles. The number of aliphatic carboxylic acids is 1. The van der Waals surface area contributed by atoms with E-state index in [4.69, 9.17) is 5.11 Å². The fourth-order valence-corrected chi connectivity index (χ4v) is 1.86. The van der Waals surface area contributed by atoms with Crippen LogP contribution in [0.1, 0.15) is 33.6 Å². The molecule has 4 heteroatoms. The summed E-state index contributed by atoms with van der Waals surface area (Å²) in [7, 11) is 0. The van der Waals surface area contributed by atoms with E-state index in [9.17, 15) is 9.59 Å². The van der Waals surface area contributed by atoms with Crippen LogP contribution in [0.25, 0.3) is 0 Å². The topological polar surface area (TPSA) is 57.6 Å². The number of nitrogens with zero attached hydrogens (tertiary/aromatic N) is 1. The molecule has 1 rings (SSSR count). The van der Waals surface area contributed by atoms with E-state index in [1.54, 1.807) is 6.92 Å². The molecular weight excluding hydrogens is 194 g/mol. The Labute approximate surface area is 89.6 Å². The largest absolute Gasteiger partial charge is 0.480 e. The van der Waals surface area contributed by atoms with Gasteiger partial charge in [-0.2, -0.15) is 0 Å². The second-order valence-corrected chi connectivity index (χ2v) is 4.39. The molecule has 1 aliphatic rings. The van der Waals surface area contributed by atoms with Crippen molar-refractivity contribution in [3.05, 3.63) is 11.6 Å². The van der Waals surface area contributed by atoms with Gasteiger partial charge in [0.1, 0.15) is 5.54 Å². The lowest BCUT2D eigenvalue weighted by molar-refractivity contribution is -0.153. The molecule has 1 N–H and O–H groups in total. The van der Waals surface area contributed by atoms with E-state index >= 15 is 0 Å². The van der Waals surface area contributed by atoms with Crippen molar-refractivity contribution in [2.45, 2.75) is 39.2 Å². The van der Waals surface area contributed by atoms with Crippen LogP contribution in [-0.4, -0.2) is 34.0 Å². The monoisotopic (exact) mass is 211 g/mol. The average Bonchev–Trinajstić information content (AvgIpc) is 2.47. The fourth-order valence-electron chi connectivity index (χ4n) is 1.86. The number of amides is 1. The Morgan fingerprint density at radius 1 is 1.40 bits per heavy atom. The van der Waals surface area contributed by atoms with Gasteiger partial charge in [0.2, 0.25) is 5.91 Å². The molecule has 84 valence electrons. The van der Waals surface area contributed by atoms with Gasteiger partial charge < -0.3 is 10.0 Å². The van der Waals surface area contributed by atoms with Crippen LogP contribution in [0.2, 0.25) is 0 Å². The Kier molecular flexibility index (Phi) is 3.17. The van der Waals surface area contributed by atoms with Gasteiger partial charge in [0, 0.05) is 12.6 Å². The van der Waals surface area contributed by atoms with Crippen molar-refractivity contribution >= 4 is 11.9 Å². The van der Waals surface area contributed by atoms with E-state index in [0.717, 1.165) is 12.0 Å². The second kappa shape index (κ2) is 4.04. The van der Waals surface area contributed by atoms with Crippen LogP contribution in [0.4, 0.5) is 0 Å². The van der Waals surface area contributed by atoms with Crippen LogP contribution >= 0.6 is 0 Å². The zero-order valence-corrected chi connectivity index (χ0v) is 9.41. The summed E-state index contributed by atoms with van der Waals surface area (Å²) in [5.74, 6) is -1.12. The molecular formula is C11H17NO3. The van der Waals surface area contributed by atoms with Crippen molar-refractivity contribution in [2.75, 3.05) is 6.54 Å². The van der Waals surface area contributed by atoms with Crippen LogP contribution in [0.15, 0.2) is 11.6 Å². The van der Waals surface area contributed by atoms with Crippen LogP contribution in [-0.2, 0) is 9.59 Å². The first-order valence-corrected chi connectivity index (χ1v) is 5.08. The summed E-state index contributed by atoms with van der Waals surface area (Å²) in [5, 5.41) is 9.11. The molecule has 0 aromatic rings. The molecule has 0 radical (unpaired) electrons. The zero-order chi connectivity index (χ0) is 11.6. The summed E-state index contributed by atoms with van der Waals surface area (Å²) < 4.78 is 0. The van der Waals surface area contributed by atoms with Crippen LogP contribution in [0.3, 0.4) is 0 Å². The Bertz CT molecular complexity index is 318. The fraction of sp³-hybridized carbons (Fsp3) is 0.636. The van der Waals surface area contributed by atoms with Crippen molar-refractivity contribution in [1.82, 2.24) is 4.90 Å². The minimum atomic E-state index is -1.02. The maximum Gasteiger partial charge on any atom is 0.329 e. The smallest absolute Gasteiger partial charge is 0.329 e. The summed E-state index contributed by atoms with van der Waals surface area (Å²) in [5.41, 5.74) is -0.136. The van der Waals surface area contributed by atoms with Gasteiger partial charge in [-0.1, -0.05) is 5.57 Å². The predicted octanol–water partition coefficient (Wildman–Crippen LogP) is 1.42. The number of carbonyl (C=O) groups is 2. The van der Waals surface area contributed by atoms with E-state index in [1.807, 2.05) is 13.8 Å². The molecule has 0 bridgehead atoms. The molecule has 1 aliphatic heterocycles. The normalized spacial score (nSPS) is 25.1. The third kappa shape index (κ3) is 2.19. The Morgan fingerprint density at radius 2 is 2.00 bits per heavy atom. The number of carboxylic acids is 1. The number of carboxylic acid groups (broad SMARTS) is 1. The lowest BCUT2D eigenvalue weighted by Crippen LogP contribution is -2.50. The third-order valence-electron chi connectivity index (χ3n) is 2.78. The number of rotatable bonds is 2. The van der Waals surface area contributed by atoms with E-state index < -0.39 is 11.5 Å². The van der Waals surface area contributed by atoms with Gasteiger partial charge in [-0.3, -0.25) is 4.79 Å². The van der Waals surface area contributed by atoms with Gasteiger partial charge in [0.15, 0.2) is 0 Å². The number of hydrogen-bond acceptors (Lipinski definition) is 2. The summed E-state index contributed by atoms with van der Waals surface area (Å²) in [6.45, 7) is 5.79. The van der Waals surface area contributed by atoms with E-state index in [-0.39, 0.29) is 5.91 Å². The molecule has 1 fully saturated rings. The predicted molar refractivity (Wildman–Crippen MR) is 56.4 cm³/mol. The lowest BCUT2D eigenvalue weighted by atomic mass is 9.99. The maximum atomic E-state index is 11.8. The molecule has 0 aliphatic carbocycles. The van der Waals surface area contributed by atoms with Gasteiger partial charge in [-0.05, 0) is 33.6 Å². The van der Waals surface area contributed by atoms with E-state index in [2.05, 4.69) is 0 Å². The molecule has 1 heterocycles. The van der Waals surface area contributed by atoms with Crippen LogP contribution < -0.4 is 0 Å².